The molecule has 4 nitrogen and oxygen atoms in total. The molecule has 0 unspecified atom stereocenters. The number of nitrogens with one attached hydrogen (secondary N) is 1. The molecule has 0 heterocycles. The molecule has 0 bridgehead atoms. The number of hydrogen-bond acceptors (Lipinski definition) is 3. The topological polar surface area (TPSA) is 58.4 Å². The molecule has 0 spiro atoms. The lowest BCUT2D eigenvalue weighted by Gasteiger charge is -2.17. The van der Waals surface area contributed by atoms with Gasteiger partial charge in [-0.3, -0.25) is 4.79 Å². The van der Waals surface area contributed by atoms with Crippen molar-refractivity contribution in [2.24, 2.45) is 5.73 Å². The van der Waals surface area contributed by atoms with Gasteiger partial charge in [0.2, 0.25) is 5.91 Å². The Balaban J connectivity index is 2.05. The summed E-state index contributed by atoms with van der Waals surface area (Å²) in [5.74, 6) is -0.0129. The average molecular weight is 213 g/mol. The quantitative estimate of drug-likeness (QED) is 0.640. The van der Waals surface area contributed by atoms with Gasteiger partial charge in [-0.15, -0.1) is 0 Å². The van der Waals surface area contributed by atoms with Gasteiger partial charge in [0.05, 0.1) is 6.04 Å². The number of hydrogen-bond donors (Lipinski definition) is 2. The van der Waals surface area contributed by atoms with Crippen LogP contribution in [0.4, 0.5) is 0 Å². The number of carbonyl (C=O) groups is 1. The summed E-state index contributed by atoms with van der Waals surface area (Å²) in [7, 11) is 2.11. The highest BCUT2D eigenvalue weighted by atomic mass is 16.2. The summed E-state index contributed by atoms with van der Waals surface area (Å²) in [4.78, 5) is 13.7. The van der Waals surface area contributed by atoms with Crippen molar-refractivity contribution in [1.29, 1.82) is 0 Å². The largest absolute Gasteiger partial charge is 0.353 e. The van der Waals surface area contributed by atoms with Gasteiger partial charge in [0.1, 0.15) is 0 Å². The van der Waals surface area contributed by atoms with Gasteiger partial charge in [-0.1, -0.05) is 13.3 Å². The molecule has 0 aromatic rings. The van der Waals surface area contributed by atoms with E-state index in [0.717, 1.165) is 25.4 Å². The Labute approximate surface area is 92.2 Å². The third-order valence-electron chi connectivity index (χ3n) is 2.87. The number of likely N-dealkylation sites (N-methyl/N-ethyl adjacent to an activating group) is 1. The fraction of sp³-hybridized carbons (Fsp3) is 0.909. The Bertz CT molecular complexity index is 204. The van der Waals surface area contributed by atoms with E-state index >= 15 is 0 Å². The molecule has 1 aliphatic rings. The van der Waals surface area contributed by atoms with Crippen LogP contribution in [0.15, 0.2) is 0 Å². The maximum absolute atomic E-state index is 11.4. The van der Waals surface area contributed by atoms with Gasteiger partial charge >= 0.3 is 0 Å². The number of nitrogens with two attached hydrogens (primary N) is 1. The molecular weight excluding hydrogens is 190 g/mol. The van der Waals surface area contributed by atoms with Crippen LogP contribution < -0.4 is 11.1 Å². The lowest BCUT2D eigenvalue weighted by Crippen LogP contribution is -2.43. The molecule has 88 valence electrons. The normalized spacial score (nSPS) is 17.9. The summed E-state index contributed by atoms with van der Waals surface area (Å²) >= 11 is 0. The summed E-state index contributed by atoms with van der Waals surface area (Å²) < 4.78 is 0. The van der Waals surface area contributed by atoms with Crippen molar-refractivity contribution in [3.63, 3.8) is 0 Å². The first-order chi connectivity index (χ1) is 7.15. The van der Waals surface area contributed by atoms with Crippen LogP contribution in [0.3, 0.4) is 0 Å². The molecule has 3 N–H and O–H groups in total. The van der Waals surface area contributed by atoms with E-state index in [1.165, 1.54) is 12.8 Å². The fourth-order valence-electron chi connectivity index (χ4n) is 1.63. The van der Waals surface area contributed by atoms with E-state index in [1.807, 2.05) is 6.92 Å². The highest BCUT2D eigenvalue weighted by Crippen LogP contribution is 2.24. The van der Waals surface area contributed by atoms with Gasteiger partial charge in [0.25, 0.3) is 0 Å². The molecule has 1 fully saturated rings. The van der Waals surface area contributed by atoms with Gasteiger partial charge in [-0.2, -0.15) is 0 Å². The lowest BCUT2D eigenvalue weighted by atomic mass is 10.2. The van der Waals surface area contributed by atoms with E-state index < -0.39 is 0 Å². The molecule has 0 radical (unpaired) electrons. The monoisotopic (exact) mass is 213 g/mol. The molecule has 0 saturated heterocycles. The maximum atomic E-state index is 11.4. The van der Waals surface area contributed by atoms with E-state index in [-0.39, 0.29) is 11.9 Å². The summed E-state index contributed by atoms with van der Waals surface area (Å²) in [6.45, 7) is 3.67. The zero-order chi connectivity index (χ0) is 11.3. The lowest BCUT2D eigenvalue weighted by molar-refractivity contribution is -0.122. The van der Waals surface area contributed by atoms with E-state index in [9.17, 15) is 4.79 Å². The minimum absolute atomic E-state index is 0.0129. The van der Waals surface area contributed by atoms with Crippen LogP contribution in [0, 0.1) is 0 Å². The minimum atomic E-state index is -0.332. The maximum Gasteiger partial charge on any atom is 0.236 e. The van der Waals surface area contributed by atoms with Crippen molar-refractivity contribution >= 4 is 5.91 Å². The zero-order valence-corrected chi connectivity index (χ0v) is 9.83. The highest BCUT2D eigenvalue weighted by molar-refractivity contribution is 5.81. The molecule has 1 saturated carbocycles. The smallest absolute Gasteiger partial charge is 0.236 e. The Kier molecular flexibility index (Phi) is 5.05. The summed E-state index contributed by atoms with van der Waals surface area (Å²) in [6, 6.07) is 0.424. The molecule has 1 atom stereocenters. The Morgan fingerprint density at radius 1 is 1.60 bits per heavy atom. The molecule has 0 aromatic heterocycles. The van der Waals surface area contributed by atoms with Crippen molar-refractivity contribution < 1.29 is 4.79 Å². The Morgan fingerprint density at radius 2 is 2.27 bits per heavy atom. The average Bonchev–Trinajstić information content (AvgIpc) is 3.00. The molecule has 1 rings (SSSR count). The van der Waals surface area contributed by atoms with Crippen molar-refractivity contribution in [3.8, 4) is 0 Å². The van der Waals surface area contributed by atoms with Gasteiger partial charge in [-0.25, -0.2) is 0 Å². The predicted molar refractivity (Wildman–Crippen MR) is 61.5 cm³/mol. The van der Waals surface area contributed by atoms with Crippen LogP contribution in [0.1, 0.15) is 32.6 Å². The molecule has 4 heteroatoms. The fourth-order valence-corrected chi connectivity index (χ4v) is 1.63. The van der Waals surface area contributed by atoms with Crippen LogP contribution in [-0.4, -0.2) is 43.0 Å². The highest BCUT2D eigenvalue weighted by Gasteiger charge is 2.25. The first-order valence-electron chi connectivity index (χ1n) is 5.88. The van der Waals surface area contributed by atoms with Gasteiger partial charge < -0.3 is 16.0 Å². The standard InChI is InChI=1S/C11H23N3O/c1-3-4-10(12)11(15)13-7-8-14(2)9-5-6-9/h9-10H,3-8,12H2,1-2H3,(H,13,15)/t10-/m1/s1. The van der Waals surface area contributed by atoms with Gasteiger partial charge in [-0.05, 0) is 26.3 Å². The number of rotatable bonds is 7. The van der Waals surface area contributed by atoms with Crippen molar-refractivity contribution in [2.75, 3.05) is 20.1 Å². The Morgan fingerprint density at radius 3 is 2.80 bits per heavy atom. The second kappa shape index (κ2) is 6.08. The van der Waals surface area contributed by atoms with Crippen LogP contribution in [-0.2, 0) is 4.79 Å². The first kappa shape index (κ1) is 12.5. The molecule has 0 aliphatic heterocycles. The summed E-state index contributed by atoms with van der Waals surface area (Å²) in [5.41, 5.74) is 5.69. The Hall–Kier alpha value is -0.610. The second-order valence-electron chi connectivity index (χ2n) is 4.40. The van der Waals surface area contributed by atoms with E-state index in [2.05, 4.69) is 17.3 Å². The van der Waals surface area contributed by atoms with Crippen molar-refractivity contribution in [3.05, 3.63) is 0 Å². The predicted octanol–water partition coefficient (Wildman–Crippen LogP) is 0.324. The van der Waals surface area contributed by atoms with Crippen molar-refractivity contribution in [2.45, 2.75) is 44.7 Å². The van der Waals surface area contributed by atoms with E-state index in [0.29, 0.717) is 6.54 Å². The molecular formula is C11H23N3O. The summed E-state index contributed by atoms with van der Waals surface area (Å²) in [6.07, 6.45) is 4.33. The second-order valence-corrected chi connectivity index (χ2v) is 4.40. The van der Waals surface area contributed by atoms with Crippen molar-refractivity contribution in [1.82, 2.24) is 10.2 Å². The summed E-state index contributed by atoms with van der Waals surface area (Å²) in [5, 5.41) is 2.88. The third kappa shape index (κ3) is 4.62. The number of carbonyl (C=O) groups excluding carboxylic acids is 1. The zero-order valence-electron chi connectivity index (χ0n) is 9.83. The first-order valence-corrected chi connectivity index (χ1v) is 5.88. The molecule has 0 aromatic carbocycles. The van der Waals surface area contributed by atoms with E-state index in [4.69, 9.17) is 5.73 Å². The molecule has 15 heavy (non-hydrogen) atoms. The number of amides is 1. The molecule has 1 amide bonds. The number of nitrogens with zero attached hydrogens (tertiary/aromatic N) is 1. The minimum Gasteiger partial charge on any atom is -0.353 e. The van der Waals surface area contributed by atoms with E-state index in [1.54, 1.807) is 0 Å². The van der Waals surface area contributed by atoms with Crippen LogP contribution in [0.25, 0.3) is 0 Å². The molecule has 1 aliphatic carbocycles. The van der Waals surface area contributed by atoms with Gasteiger partial charge in [0, 0.05) is 19.1 Å². The third-order valence-corrected chi connectivity index (χ3v) is 2.87. The van der Waals surface area contributed by atoms with Crippen LogP contribution >= 0.6 is 0 Å². The van der Waals surface area contributed by atoms with Crippen LogP contribution in [0.5, 0.6) is 0 Å². The SMILES string of the molecule is CCC[C@@H](N)C(=O)NCCN(C)C1CC1. The van der Waals surface area contributed by atoms with Crippen LogP contribution in [0.2, 0.25) is 0 Å². The van der Waals surface area contributed by atoms with Gasteiger partial charge in [0.15, 0.2) is 0 Å².